The van der Waals surface area contributed by atoms with E-state index in [4.69, 9.17) is 0 Å². The highest BCUT2D eigenvalue weighted by Crippen LogP contribution is 2.21. The SMILES string of the molecule is CCN(CC)c1ccc(NC(=O)C2(C)CCCCN2)cn1.Cl.Cl. The molecule has 1 atom stereocenters. The van der Waals surface area contributed by atoms with Gasteiger partial charge in [-0.15, -0.1) is 24.8 Å². The molecule has 2 rings (SSSR count). The molecule has 5 nitrogen and oxygen atoms in total. The lowest BCUT2D eigenvalue weighted by Crippen LogP contribution is -2.54. The van der Waals surface area contributed by atoms with E-state index in [1.807, 2.05) is 19.1 Å². The molecule has 23 heavy (non-hydrogen) atoms. The summed E-state index contributed by atoms with van der Waals surface area (Å²) in [4.78, 5) is 19.0. The third kappa shape index (κ3) is 5.52. The Morgan fingerprint density at radius 1 is 1.30 bits per heavy atom. The predicted octanol–water partition coefficient (Wildman–Crippen LogP) is 3.24. The quantitative estimate of drug-likeness (QED) is 0.843. The Hall–Kier alpha value is -1.04. The topological polar surface area (TPSA) is 57.3 Å². The van der Waals surface area contributed by atoms with E-state index in [2.05, 4.69) is 34.4 Å². The normalized spacial score (nSPS) is 20.0. The van der Waals surface area contributed by atoms with E-state index in [0.717, 1.165) is 50.4 Å². The summed E-state index contributed by atoms with van der Waals surface area (Å²) in [5.74, 6) is 0.972. The standard InChI is InChI=1S/C16H26N4O.2ClH/c1-4-20(5-2)14-9-8-13(12-17-14)19-15(21)16(3)10-6-7-11-18-16;;/h8-9,12,18H,4-7,10-11H2,1-3H3,(H,19,21);2*1H. The Morgan fingerprint density at radius 2 is 2.00 bits per heavy atom. The van der Waals surface area contributed by atoms with Gasteiger partial charge in [-0.1, -0.05) is 0 Å². The number of rotatable bonds is 5. The van der Waals surface area contributed by atoms with Gasteiger partial charge < -0.3 is 15.5 Å². The summed E-state index contributed by atoms with van der Waals surface area (Å²) in [6.07, 6.45) is 4.85. The molecule has 132 valence electrons. The van der Waals surface area contributed by atoms with Gasteiger partial charge in [0.2, 0.25) is 5.91 Å². The zero-order valence-electron chi connectivity index (χ0n) is 14.1. The van der Waals surface area contributed by atoms with Crippen LogP contribution in [0.3, 0.4) is 0 Å². The second-order valence-corrected chi connectivity index (χ2v) is 5.75. The highest BCUT2D eigenvalue weighted by Gasteiger charge is 2.34. The van der Waals surface area contributed by atoms with Gasteiger partial charge in [-0.2, -0.15) is 0 Å². The van der Waals surface area contributed by atoms with Crippen molar-refractivity contribution in [3.05, 3.63) is 18.3 Å². The van der Waals surface area contributed by atoms with Gasteiger partial charge in [-0.25, -0.2) is 4.98 Å². The number of amides is 1. The minimum absolute atomic E-state index is 0. The maximum absolute atomic E-state index is 12.4. The summed E-state index contributed by atoms with van der Waals surface area (Å²) in [6.45, 7) is 8.95. The molecule has 1 unspecified atom stereocenters. The van der Waals surface area contributed by atoms with Crippen molar-refractivity contribution in [2.75, 3.05) is 29.9 Å². The molecule has 0 spiro atoms. The molecule has 1 aromatic rings. The third-order valence-corrected chi connectivity index (χ3v) is 4.21. The molecule has 7 heteroatoms. The second-order valence-electron chi connectivity index (χ2n) is 5.75. The van der Waals surface area contributed by atoms with Crippen molar-refractivity contribution in [2.45, 2.75) is 45.6 Å². The number of aromatic nitrogens is 1. The number of hydrogen-bond donors (Lipinski definition) is 2. The van der Waals surface area contributed by atoms with Crippen LogP contribution in [0.2, 0.25) is 0 Å². The van der Waals surface area contributed by atoms with E-state index in [0.29, 0.717) is 0 Å². The summed E-state index contributed by atoms with van der Waals surface area (Å²) < 4.78 is 0. The largest absolute Gasteiger partial charge is 0.357 e. The number of piperidine rings is 1. The lowest BCUT2D eigenvalue weighted by atomic mass is 9.90. The molecule has 0 bridgehead atoms. The molecule has 1 aliphatic heterocycles. The molecule has 0 aliphatic carbocycles. The van der Waals surface area contributed by atoms with Crippen LogP contribution in [-0.2, 0) is 4.79 Å². The third-order valence-electron chi connectivity index (χ3n) is 4.21. The second kappa shape index (κ2) is 9.96. The van der Waals surface area contributed by atoms with Gasteiger partial charge in [-0.05, 0) is 58.7 Å². The van der Waals surface area contributed by atoms with Gasteiger partial charge in [-0.3, -0.25) is 4.79 Å². The molecule has 1 saturated heterocycles. The van der Waals surface area contributed by atoms with E-state index in [9.17, 15) is 4.79 Å². The van der Waals surface area contributed by atoms with Crippen molar-refractivity contribution in [3.8, 4) is 0 Å². The zero-order valence-corrected chi connectivity index (χ0v) is 15.7. The summed E-state index contributed by atoms with van der Waals surface area (Å²) >= 11 is 0. The van der Waals surface area contributed by atoms with Crippen molar-refractivity contribution >= 4 is 42.2 Å². The van der Waals surface area contributed by atoms with Crippen LogP contribution in [0.4, 0.5) is 11.5 Å². The van der Waals surface area contributed by atoms with Crippen LogP contribution >= 0.6 is 24.8 Å². The highest BCUT2D eigenvalue weighted by molar-refractivity contribution is 5.97. The molecule has 0 saturated carbocycles. The van der Waals surface area contributed by atoms with Crippen LogP contribution in [0.1, 0.15) is 40.0 Å². The van der Waals surface area contributed by atoms with Crippen LogP contribution < -0.4 is 15.5 Å². The molecule has 2 N–H and O–H groups in total. The lowest BCUT2D eigenvalue weighted by molar-refractivity contribution is -0.122. The molecular weight excluding hydrogens is 335 g/mol. The first-order chi connectivity index (χ1) is 10.1. The number of hydrogen-bond acceptors (Lipinski definition) is 4. The number of nitrogens with one attached hydrogen (secondary N) is 2. The van der Waals surface area contributed by atoms with Crippen LogP contribution in [0.5, 0.6) is 0 Å². The first kappa shape index (κ1) is 22.0. The van der Waals surface area contributed by atoms with Gasteiger partial charge in [0.05, 0.1) is 17.4 Å². The predicted molar refractivity (Wildman–Crippen MR) is 101 cm³/mol. The molecule has 2 heterocycles. The number of carbonyl (C=O) groups is 1. The summed E-state index contributed by atoms with van der Waals surface area (Å²) in [7, 11) is 0. The Bertz CT molecular complexity index is 471. The highest BCUT2D eigenvalue weighted by atomic mass is 35.5. The first-order valence-electron chi connectivity index (χ1n) is 7.86. The number of nitrogens with zero attached hydrogens (tertiary/aromatic N) is 2. The molecule has 0 aromatic carbocycles. The monoisotopic (exact) mass is 362 g/mol. The molecule has 1 aliphatic rings. The Kier molecular flexibility index (Phi) is 9.51. The summed E-state index contributed by atoms with van der Waals surface area (Å²) in [6, 6.07) is 3.88. The minimum atomic E-state index is -0.463. The van der Waals surface area contributed by atoms with Gasteiger partial charge in [0.1, 0.15) is 5.82 Å². The van der Waals surface area contributed by atoms with E-state index < -0.39 is 5.54 Å². The summed E-state index contributed by atoms with van der Waals surface area (Å²) in [5.41, 5.74) is 0.292. The van der Waals surface area contributed by atoms with Crippen molar-refractivity contribution in [1.29, 1.82) is 0 Å². The Morgan fingerprint density at radius 3 is 2.48 bits per heavy atom. The fraction of sp³-hybridized carbons (Fsp3) is 0.625. The molecule has 1 fully saturated rings. The lowest BCUT2D eigenvalue weighted by Gasteiger charge is -2.33. The van der Waals surface area contributed by atoms with Crippen LogP contribution in [0.25, 0.3) is 0 Å². The van der Waals surface area contributed by atoms with Gasteiger partial charge in [0, 0.05) is 13.1 Å². The van der Waals surface area contributed by atoms with Crippen molar-refractivity contribution < 1.29 is 4.79 Å². The van der Waals surface area contributed by atoms with Crippen molar-refractivity contribution in [3.63, 3.8) is 0 Å². The van der Waals surface area contributed by atoms with Crippen LogP contribution in [-0.4, -0.2) is 36.1 Å². The number of anilines is 2. The van der Waals surface area contributed by atoms with E-state index in [1.165, 1.54) is 0 Å². The van der Waals surface area contributed by atoms with Crippen molar-refractivity contribution in [1.82, 2.24) is 10.3 Å². The molecule has 0 radical (unpaired) electrons. The van der Waals surface area contributed by atoms with Gasteiger partial charge >= 0.3 is 0 Å². The van der Waals surface area contributed by atoms with E-state index in [1.54, 1.807) is 6.20 Å². The van der Waals surface area contributed by atoms with Crippen LogP contribution in [0.15, 0.2) is 18.3 Å². The fourth-order valence-corrected chi connectivity index (χ4v) is 2.71. The maximum atomic E-state index is 12.4. The van der Waals surface area contributed by atoms with E-state index in [-0.39, 0.29) is 30.7 Å². The minimum Gasteiger partial charge on any atom is -0.357 e. The number of halogens is 2. The average Bonchev–Trinajstić information content (AvgIpc) is 2.51. The Balaban J connectivity index is 0.00000242. The zero-order chi connectivity index (χ0) is 15.3. The average molecular weight is 363 g/mol. The van der Waals surface area contributed by atoms with Gasteiger partial charge in [0.25, 0.3) is 0 Å². The van der Waals surface area contributed by atoms with Crippen molar-refractivity contribution in [2.24, 2.45) is 0 Å². The van der Waals surface area contributed by atoms with E-state index >= 15 is 0 Å². The number of carbonyl (C=O) groups excluding carboxylic acids is 1. The first-order valence-corrected chi connectivity index (χ1v) is 7.86. The molecule has 1 amide bonds. The number of pyridine rings is 1. The van der Waals surface area contributed by atoms with Gasteiger partial charge in [0.15, 0.2) is 0 Å². The molecular formula is C16H28Cl2N4O. The summed E-state index contributed by atoms with van der Waals surface area (Å²) in [5, 5.41) is 6.29. The molecule has 1 aromatic heterocycles. The fourth-order valence-electron chi connectivity index (χ4n) is 2.71. The Labute approximate surface area is 151 Å². The maximum Gasteiger partial charge on any atom is 0.244 e. The van der Waals surface area contributed by atoms with Crippen LogP contribution in [0, 0.1) is 0 Å². The smallest absolute Gasteiger partial charge is 0.244 e.